The quantitative estimate of drug-likeness (QED) is 0.0755. The van der Waals surface area contributed by atoms with Gasteiger partial charge in [0.05, 0.1) is 6.61 Å². The zero-order valence-electron chi connectivity index (χ0n) is 25.6. The van der Waals surface area contributed by atoms with Crippen molar-refractivity contribution in [3.63, 3.8) is 0 Å². The largest absolute Gasteiger partial charge is 0.462 e. The normalized spacial score (nSPS) is 12.1. The first-order chi connectivity index (χ1) is 18.5. The van der Waals surface area contributed by atoms with E-state index in [4.69, 9.17) is 9.47 Å². The minimum absolute atomic E-state index is 0.0599. The summed E-state index contributed by atoms with van der Waals surface area (Å²) in [6.45, 7) is 6.40. The molecule has 0 aliphatic rings. The Hall–Kier alpha value is -1.10. The summed E-state index contributed by atoms with van der Waals surface area (Å²) in [7, 11) is 0. The van der Waals surface area contributed by atoms with E-state index in [1.165, 1.54) is 109 Å². The Morgan fingerprint density at radius 1 is 0.579 bits per heavy atom. The van der Waals surface area contributed by atoms with Gasteiger partial charge in [-0.15, -0.1) is 0 Å². The van der Waals surface area contributed by atoms with E-state index in [9.17, 15) is 14.7 Å². The first-order valence-electron chi connectivity index (χ1n) is 16.5. The van der Waals surface area contributed by atoms with E-state index in [0.29, 0.717) is 12.8 Å². The van der Waals surface area contributed by atoms with Gasteiger partial charge in [-0.2, -0.15) is 0 Å². The van der Waals surface area contributed by atoms with E-state index in [1.54, 1.807) is 0 Å². The number of esters is 2. The molecule has 0 saturated heterocycles. The number of hydrogen-bond acceptors (Lipinski definition) is 5. The number of carbonyl (C=O) groups is 2. The van der Waals surface area contributed by atoms with Crippen LogP contribution in [0.15, 0.2) is 0 Å². The summed E-state index contributed by atoms with van der Waals surface area (Å²) in [6.07, 6.45) is 27.4. The van der Waals surface area contributed by atoms with Crippen molar-refractivity contribution in [3.05, 3.63) is 0 Å². The second-order valence-corrected chi connectivity index (χ2v) is 11.7. The number of rotatable bonds is 29. The molecule has 5 nitrogen and oxygen atoms in total. The summed E-state index contributed by atoms with van der Waals surface area (Å²) in [5.41, 5.74) is 0. The van der Waals surface area contributed by atoms with Crippen LogP contribution in [0.5, 0.6) is 0 Å². The van der Waals surface area contributed by atoms with Gasteiger partial charge in [0, 0.05) is 12.8 Å². The van der Waals surface area contributed by atoms with Gasteiger partial charge in [0.2, 0.25) is 0 Å². The maximum absolute atomic E-state index is 12.0. The molecule has 0 radical (unpaired) electrons. The van der Waals surface area contributed by atoms with Gasteiger partial charge in [-0.25, -0.2) is 0 Å². The van der Waals surface area contributed by atoms with Crippen molar-refractivity contribution in [2.45, 2.75) is 181 Å². The zero-order valence-corrected chi connectivity index (χ0v) is 25.6. The molecule has 38 heavy (non-hydrogen) atoms. The minimum atomic E-state index is -0.761. The summed E-state index contributed by atoms with van der Waals surface area (Å²) in [6, 6.07) is 0. The Balaban J connectivity index is 3.53. The third kappa shape index (κ3) is 27.9. The van der Waals surface area contributed by atoms with Crippen LogP contribution in [0.2, 0.25) is 0 Å². The highest BCUT2D eigenvalue weighted by atomic mass is 16.6. The molecule has 226 valence electrons. The lowest BCUT2D eigenvalue weighted by atomic mass is 10.0. The predicted octanol–water partition coefficient (Wildman–Crippen LogP) is 9.47. The van der Waals surface area contributed by atoms with E-state index in [2.05, 4.69) is 20.8 Å². The number of aliphatic hydroxyl groups excluding tert-OH is 1. The van der Waals surface area contributed by atoms with Gasteiger partial charge in [0.15, 0.2) is 6.10 Å². The van der Waals surface area contributed by atoms with Crippen molar-refractivity contribution < 1.29 is 24.2 Å². The fraction of sp³-hybridized carbons (Fsp3) is 0.939. The van der Waals surface area contributed by atoms with E-state index in [-0.39, 0.29) is 25.2 Å². The van der Waals surface area contributed by atoms with E-state index in [0.717, 1.165) is 38.0 Å². The molecule has 0 aliphatic carbocycles. The summed E-state index contributed by atoms with van der Waals surface area (Å²) in [4.78, 5) is 24.0. The molecule has 0 saturated carbocycles. The van der Waals surface area contributed by atoms with Gasteiger partial charge in [0.1, 0.15) is 6.61 Å². The molecule has 0 aromatic heterocycles. The van der Waals surface area contributed by atoms with Crippen molar-refractivity contribution in [2.75, 3.05) is 13.2 Å². The topological polar surface area (TPSA) is 72.8 Å². The highest BCUT2D eigenvalue weighted by Gasteiger charge is 2.16. The third-order valence-corrected chi connectivity index (χ3v) is 7.33. The lowest BCUT2D eigenvalue weighted by Crippen LogP contribution is -2.28. The number of aliphatic hydroxyl groups is 1. The smallest absolute Gasteiger partial charge is 0.306 e. The summed E-state index contributed by atoms with van der Waals surface area (Å²) < 4.78 is 10.5. The molecule has 0 aromatic rings. The van der Waals surface area contributed by atoms with Crippen LogP contribution >= 0.6 is 0 Å². The zero-order chi connectivity index (χ0) is 28.1. The van der Waals surface area contributed by atoms with Crippen LogP contribution in [0, 0.1) is 5.92 Å². The van der Waals surface area contributed by atoms with Crippen molar-refractivity contribution in [2.24, 2.45) is 5.92 Å². The molecule has 0 rings (SSSR count). The second kappa shape index (κ2) is 28.9. The second-order valence-electron chi connectivity index (χ2n) is 11.7. The Morgan fingerprint density at radius 2 is 0.974 bits per heavy atom. The Bertz CT molecular complexity index is 520. The molecular formula is C33H64O5. The van der Waals surface area contributed by atoms with E-state index < -0.39 is 6.10 Å². The number of unbranched alkanes of at least 4 members (excludes halogenated alkanes) is 19. The van der Waals surface area contributed by atoms with Crippen molar-refractivity contribution in [1.29, 1.82) is 0 Å². The highest BCUT2D eigenvalue weighted by Crippen LogP contribution is 2.15. The lowest BCUT2D eigenvalue weighted by molar-refractivity contribution is -0.161. The highest BCUT2D eigenvalue weighted by molar-refractivity contribution is 5.70. The molecular weight excluding hydrogens is 476 g/mol. The molecule has 0 aliphatic heterocycles. The molecule has 1 N–H and O–H groups in total. The van der Waals surface area contributed by atoms with Crippen molar-refractivity contribution >= 4 is 11.9 Å². The number of ether oxygens (including phenoxy) is 2. The Kier molecular flexibility index (Phi) is 28.1. The SMILES string of the molecule is CCCCCCCCCCCCCCCCCC(=O)OC[C@H](CO)OC(=O)CCCCCCCCC(C)C. The minimum Gasteiger partial charge on any atom is -0.462 e. The maximum Gasteiger partial charge on any atom is 0.306 e. The summed E-state index contributed by atoms with van der Waals surface area (Å²) in [5.74, 6) is 0.186. The van der Waals surface area contributed by atoms with Crippen LogP contribution in [0.25, 0.3) is 0 Å². The monoisotopic (exact) mass is 540 g/mol. The molecule has 0 heterocycles. The average Bonchev–Trinajstić information content (AvgIpc) is 2.90. The number of carbonyl (C=O) groups excluding carboxylic acids is 2. The van der Waals surface area contributed by atoms with Crippen LogP contribution in [0.1, 0.15) is 175 Å². The molecule has 0 unspecified atom stereocenters. The summed E-state index contributed by atoms with van der Waals surface area (Å²) in [5, 5.41) is 9.47. The molecule has 1 atom stereocenters. The van der Waals surface area contributed by atoms with E-state index in [1.807, 2.05) is 0 Å². The van der Waals surface area contributed by atoms with Gasteiger partial charge < -0.3 is 14.6 Å². The first kappa shape index (κ1) is 36.9. The fourth-order valence-corrected chi connectivity index (χ4v) is 4.80. The van der Waals surface area contributed by atoms with Crippen LogP contribution in [-0.2, 0) is 19.1 Å². The van der Waals surface area contributed by atoms with Gasteiger partial charge in [-0.1, -0.05) is 149 Å². The molecule has 0 spiro atoms. The molecule has 0 amide bonds. The van der Waals surface area contributed by atoms with Gasteiger partial charge in [-0.3, -0.25) is 9.59 Å². The fourth-order valence-electron chi connectivity index (χ4n) is 4.80. The van der Waals surface area contributed by atoms with Crippen molar-refractivity contribution in [1.82, 2.24) is 0 Å². The van der Waals surface area contributed by atoms with Gasteiger partial charge in [0.25, 0.3) is 0 Å². The molecule has 5 heteroatoms. The van der Waals surface area contributed by atoms with Crippen LogP contribution in [0.4, 0.5) is 0 Å². The third-order valence-electron chi connectivity index (χ3n) is 7.33. The Labute approximate surface area is 236 Å². The van der Waals surface area contributed by atoms with Crippen molar-refractivity contribution in [3.8, 4) is 0 Å². The lowest BCUT2D eigenvalue weighted by Gasteiger charge is -2.15. The molecule has 0 bridgehead atoms. The molecule has 0 fully saturated rings. The van der Waals surface area contributed by atoms with E-state index >= 15 is 0 Å². The predicted molar refractivity (Wildman–Crippen MR) is 159 cm³/mol. The van der Waals surface area contributed by atoms with Crippen LogP contribution in [-0.4, -0.2) is 36.4 Å². The first-order valence-corrected chi connectivity index (χ1v) is 16.5. The van der Waals surface area contributed by atoms with Gasteiger partial charge >= 0.3 is 11.9 Å². The number of hydrogen-bond donors (Lipinski definition) is 1. The summed E-state index contributed by atoms with van der Waals surface area (Å²) >= 11 is 0. The maximum atomic E-state index is 12.0. The standard InChI is InChI=1S/C33H64O5/c1-4-5-6-7-8-9-10-11-12-13-14-15-16-20-23-26-32(35)37-29-31(28-34)38-33(36)27-24-21-18-17-19-22-25-30(2)3/h30-31,34H,4-29H2,1-3H3/t31-/m0/s1. The Morgan fingerprint density at radius 3 is 1.39 bits per heavy atom. The van der Waals surface area contributed by atoms with Crippen LogP contribution in [0.3, 0.4) is 0 Å². The average molecular weight is 541 g/mol. The van der Waals surface area contributed by atoms with Gasteiger partial charge in [-0.05, 0) is 18.8 Å². The molecule has 0 aromatic carbocycles. The van der Waals surface area contributed by atoms with Crippen LogP contribution < -0.4 is 0 Å².